The van der Waals surface area contributed by atoms with Gasteiger partial charge in [-0.3, -0.25) is 9.78 Å². The highest BCUT2D eigenvalue weighted by Crippen LogP contribution is 2.30. The Morgan fingerprint density at radius 2 is 1.78 bits per heavy atom. The van der Waals surface area contributed by atoms with Crippen LogP contribution in [0.3, 0.4) is 0 Å². The molecule has 7 nitrogen and oxygen atoms in total. The number of rotatable bonds is 7. The van der Waals surface area contributed by atoms with Crippen molar-refractivity contribution >= 4 is 22.2 Å². The molecule has 0 saturated heterocycles. The lowest BCUT2D eigenvalue weighted by atomic mass is 10.2. The Kier molecular flexibility index (Phi) is 6.89. The SMILES string of the molecule is O=C(Cc1cccnc1)NN=Cc1ccccc1OS(=O)(=O)c1ccc(C(F)(F)F)cc1. The summed E-state index contributed by atoms with van der Waals surface area (Å²) in [4.78, 5) is 15.4. The molecule has 0 aliphatic carbocycles. The molecule has 3 rings (SSSR count). The van der Waals surface area contributed by atoms with E-state index in [9.17, 15) is 26.4 Å². The summed E-state index contributed by atoms with van der Waals surface area (Å²) in [6.45, 7) is 0. The number of nitrogens with one attached hydrogen (secondary N) is 1. The second-order valence-electron chi connectivity index (χ2n) is 6.43. The molecule has 0 saturated carbocycles. The summed E-state index contributed by atoms with van der Waals surface area (Å²) in [5.74, 6) is -0.525. The smallest absolute Gasteiger partial charge is 0.378 e. The number of hydrogen-bond acceptors (Lipinski definition) is 6. The highest BCUT2D eigenvalue weighted by molar-refractivity contribution is 7.87. The molecule has 0 radical (unpaired) electrons. The second kappa shape index (κ2) is 9.60. The molecule has 1 aromatic heterocycles. The Morgan fingerprint density at radius 3 is 2.44 bits per heavy atom. The van der Waals surface area contributed by atoms with Gasteiger partial charge in [0.05, 0.1) is 18.2 Å². The lowest BCUT2D eigenvalue weighted by Gasteiger charge is -2.11. The third-order valence-electron chi connectivity index (χ3n) is 4.07. The van der Waals surface area contributed by atoms with Crippen molar-refractivity contribution in [1.82, 2.24) is 10.4 Å². The van der Waals surface area contributed by atoms with Crippen LogP contribution in [0.1, 0.15) is 16.7 Å². The van der Waals surface area contributed by atoms with E-state index in [0.29, 0.717) is 17.7 Å². The summed E-state index contributed by atoms with van der Waals surface area (Å²) >= 11 is 0. The molecule has 0 atom stereocenters. The monoisotopic (exact) mass is 463 g/mol. The summed E-state index contributed by atoms with van der Waals surface area (Å²) in [7, 11) is -4.40. The van der Waals surface area contributed by atoms with Crippen LogP contribution in [0, 0.1) is 0 Å². The number of carbonyl (C=O) groups excluding carboxylic acids is 1. The van der Waals surface area contributed by atoms with Gasteiger partial charge in [0.15, 0.2) is 5.75 Å². The van der Waals surface area contributed by atoms with Gasteiger partial charge in [-0.25, -0.2) is 5.43 Å². The standard InChI is InChI=1S/C21H16F3N3O4S/c22-21(23,24)17-7-9-18(10-8-17)32(29,30)31-19-6-2-1-5-16(19)14-26-27-20(28)12-15-4-3-11-25-13-15/h1-11,13-14H,12H2,(H,27,28). The first kappa shape index (κ1) is 22.9. The van der Waals surface area contributed by atoms with Crippen molar-refractivity contribution in [2.75, 3.05) is 0 Å². The minimum absolute atomic E-state index is 0.0472. The lowest BCUT2D eigenvalue weighted by Crippen LogP contribution is -2.20. The van der Waals surface area contributed by atoms with Gasteiger partial charge in [-0.2, -0.15) is 26.7 Å². The van der Waals surface area contributed by atoms with E-state index in [4.69, 9.17) is 4.18 Å². The van der Waals surface area contributed by atoms with Gasteiger partial charge in [0.2, 0.25) is 5.91 Å². The normalized spacial score (nSPS) is 12.0. The molecule has 1 amide bonds. The predicted octanol–water partition coefficient (Wildman–Crippen LogP) is 3.56. The molecule has 2 aromatic carbocycles. The van der Waals surface area contributed by atoms with Gasteiger partial charge in [0.1, 0.15) is 4.90 Å². The first-order valence-corrected chi connectivity index (χ1v) is 10.5. The number of carbonyl (C=O) groups is 1. The Morgan fingerprint density at radius 1 is 1.06 bits per heavy atom. The van der Waals surface area contributed by atoms with Crippen molar-refractivity contribution < 1.29 is 30.6 Å². The van der Waals surface area contributed by atoms with Crippen molar-refractivity contribution in [2.45, 2.75) is 17.5 Å². The highest BCUT2D eigenvalue weighted by atomic mass is 32.2. The van der Waals surface area contributed by atoms with E-state index in [-0.39, 0.29) is 17.7 Å². The minimum atomic E-state index is -4.59. The molecule has 11 heteroatoms. The van der Waals surface area contributed by atoms with Crippen molar-refractivity contribution in [3.8, 4) is 5.75 Å². The van der Waals surface area contributed by atoms with Crippen molar-refractivity contribution in [1.29, 1.82) is 0 Å². The number of para-hydroxylation sites is 1. The number of pyridine rings is 1. The van der Waals surface area contributed by atoms with Gasteiger partial charge in [-0.1, -0.05) is 18.2 Å². The minimum Gasteiger partial charge on any atom is -0.378 e. The van der Waals surface area contributed by atoms with Crippen LogP contribution in [-0.2, 0) is 27.5 Å². The molecule has 166 valence electrons. The summed E-state index contributed by atoms with van der Waals surface area (Å²) in [5, 5.41) is 3.79. The Labute approximate surface area is 181 Å². The molecular formula is C21H16F3N3O4S. The zero-order valence-corrected chi connectivity index (χ0v) is 17.1. The fraction of sp³-hybridized carbons (Fsp3) is 0.0952. The van der Waals surface area contributed by atoms with Crippen LogP contribution < -0.4 is 9.61 Å². The van der Waals surface area contributed by atoms with E-state index in [0.717, 1.165) is 12.1 Å². The molecule has 32 heavy (non-hydrogen) atoms. The fourth-order valence-corrected chi connectivity index (χ4v) is 3.50. The molecule has 0 unspecified atom stereocenters. The fourth-order valence-electron chi connectivity index (χ4n) is 2.54. The Hall–Kier alpha value is -3.73. The van der Waals surface area contributed by atoms with Gasteiger partial charge in [-0.05, 0) is 48.0 Å². The zero-order chi connectivity index (χ0) is 23.2. The summed E-state index contributed by atoms with van der Waals surface area (Å²) in [5.41, 5.74) is 2.25. The first-order chi connectivity index (χ1) is 15.1. The van der Waals surface area contributed by atoms with E-state index < -0.39 is 32.7 Å². The molecule has 0 fully saturated rings. The van der Waals surface area contributed by atoms with Gasteiger partial charge in [0, 0.05) is 18.0 Å². The Balaban J connectivity index is 1.70. The van der Waals surface area contributed by atoms with E-state index in [1.165, 1.54) is 24.4 Å². The first-order valence-electron chi connectivity index (χ1n) is 9.07. The third kappa shape index (κ3) is 6.14. The second-order valence-corrected chi connectivity index (χ2v) is 7.97. The predicted molar refractivity (Wildman–Crippen MR) is 109 cm³/mol. The van der Waals surface area contributed by atoms with Crippen LogP contribution in [0.2, 0.25) is 0 Å². The van der Waals surface area contributed by atoms with Gasteiger partial charge in [-0.15, -0.1) is 0 Å². The largest absolute Gasteiger partial charge is 0.416 e. The van der Waals surface area contributed by atoms with Gasteiger partial charge < -0.3 is 4.18 Å². The van der Waals surface area contributed by atoms with Crippen LogP contribution in [0.25, 0.3) is 0 Å². The van der Waals surface area contributed by atoms with Gasteiger partial charge >= 0.3 is 16.3 Å². The quantitative estimate of drug-likeness (QED) is 0.328. The third-order valence-corrected chi connectivity index (χ3v) is 5.32. The molecule has 0 aliphatic heterocycles. The van der Waals surface area contributed by atoms with E-state index in [1.54, 1.807) is 30.6 Å². The summed E-state index contributed by atoms with van der Waals surface area (Å²) in [6.07, 6.45) is -0.230. The molecule has 0 bridgehead atoms. The molecule has 1 heterocycles. The summed E-state index contributed by atoms with van der Waals surface area (Å²) < 4.78 is 68.1. The molecule has 3 aromatic rings. The molecule has 0 spiro atoms. The van der Waals surface area contributed by atoms with E-state index in [1.807, 2.05) is 0 Å². The molecule has 0 aliphatic rings. The number of hydrogen-bond donors (Lipinski definition) is 1. The van der Waals surface area contributed by atoms with Crippen LogP contribution in [0.4, 0.5) is 13.2 Å². The number of halogens is 3. The number of nitrogens with zero attached hydrogens (tertiary/aromatic N) is 2. The Bertz CT molecular complexity index is 1210. The summed E-state index contributed by atoms with van der Waals surface area (Å²) in [6, 6.07) is 12.3. The molecule has 1 N–H and O–H groups in total. The van der Waals surface area contributed by atoms with Crippen LogP contribution in [-0.4, -0.2) is 25.5 Å². The number of benzene rings is 2. The number of aromatic nitrogens is 1. The average molecular weight is 463 g/mol. The number of alkyl halides is 3. The maximum absolute atomic E-state index is 12.7. The van der Waals surface area contributed by atoms with E-state index in [2.05, 4.69) is 15.5 Å². The van der Waals surface area contributed by atoms with E-state index >= 15 is 0 Å². The van der Waals surface area contributed by atoms with Crippen molar-refractivity contribution in [3.63, 3.8) is 0 Å². The van der Waals surface area contributed by atoms with Crippen molar-refractivity contribution in [3.05, 3.63) is 89.7 Å². The van der Waals surface area contributed by atoms with Crippen LogP contribution >= 0.6 is 0 Å². The number of hydrazone groups is 1. The molecular weight excluding hydrogens is 447 g/mol. The average Bonchev–Trinajstić information content (AvgIpc) is 2.75. The van der Waals surface area contributed by atoms with Crippen LogP contribution in [0.15, 0.2) is 83.1 Å². The highest BCUT2D eigenvalue weighted by Gasteiger charge is 2.31. The van der Waals surface area contributed by atoms with Crippen molar-refractivity contribution in [2.24, 2.45) is 5.10 Å². The van der Waals surface area contributed by atoms with Gasteiger partial charge in [0.25, 0.3) is 0 Å². The van der Waals surface area contributed by atoms with Crippen LogP contribution in [0.5, 0.6) is 5.75 Å². The zero-order valence-electron chi connectivity index (χ0n) is 16.3. The maximum atomic E-state index is 12.7. The maximum Gasteiger partial charge on any atom is 0.416 e. The lowest BCUT2D eigenvalue weighted by molar-refractivity contribution is -0.137. The number of amides is 1. The topological polar surface area (TPSA) is 97.7 Å².